The van der Waals surface area contributed by atoms with E-state index in [-0.39, 0.29) is 0 Å². The van der Waals surface area contributed by atoms with Crippen LogP contribution in [0.4, 0.5) is 0 Å². The molecule has 14 heavy (non-hydrogen) atoms. The summed E-state index contributed by atoms with van der Waals surface area (Å²) in [4.78, 5) is 2.74. The molecule has 2 nitrogen and oxygen atoms in total. The third-order valence-electron chi connectivity index (χ3n) is 4.09. The summed E-state index contributed by atoms with van der Waals surface area (Å²) in [5, 5.41) is 3.78. The van der Waals surface area contributed by atoms with Gasteiger partial charge < -0.3 is 5.32 Å². The molecule has 1 atom stereocenters. The zero-order valence-electron chi connectivity index (χ0n) is 9.04. The van der Waals surface area contributed by atoms with Crippen LogP contribution in [0.5, 0.6) is 0 Å². The van der Waals surface area contributed by atoms with Gasteiger partial charge in [0.05, 0.1) is 0 Å². The van der Waals surface area contributed by atoms with E-state index in [0.29, 0.717) is 0 Å². The first-order valence-corrected chi connectivity index (χ1v) is 6.42. The molecule has 3 fully saturated rings. The van der Waals surface area contributed by atoms with Crippen molar-refractivity contribution < 1.29 is 0 Å². The molecule has 2 aliphatic carbocycles. The topological polar surface area (TPSA) is 15.3 Å². The summed E-state index contributed by atoms with van der Waals surface area (Å²) in [6.45, 7) is 2.70. The van der Waals surface area contributed by atoms with Crippen LogP contribution in [-0.4, -0.2) is 36.1 Å². The van der Waals surface area contributed by atoms with Crippen molar-refractivity contribution >= 4 is 0 Å². The number of hydrogen-bond acceptors (Lipinski definition) is 2. The van der Waals surface area contributed by atoms with Crippen molar-refractivity contribution in [3.05, 3.63) is 0 Å². The van der Waals surface area contributed by atoms with Gasteiger partial charge in [-0.05, 0) is 45.1 Å². The van der Waals surface area contributed by atoms with Gasteiger partial charge >= 0.3 is 0 Å². The molecular weight excluding hydrogens is 172 g/mol. The second-order valence-corrected chi connectivity index (χ2v) is 5.36. The molecule has 1 saturated heterocycles. The molecule has 0 spiro atoms. The molecule has 0 aromatic heterocycles. The molecule has 0 aromatic rings. The molecule has 0 bridgehead atoms. The average molecular weight is 194 g/mol. The van der Waals surface area contributed by atoms with E-state index in [0.717, 1.165) is 18.1 Å². The maximum Gasteiger partial charge on any atom is 0.0198 e. The summed E-state index contributed by atoms with van der Waals surface area (Å²) in [5.41, 5.74) is 0. The minimum Gasteiger partial charge on any atom is -0.310 e. The molecule has 1 unspecified atom stereocenters. The third-order valence-corrected chi connectivity index (χ3v) is 4.09. The predicted molar refractivity (Wildman–Crippen MR) is 58.4 cm³/mol. The molecule has 0 amide bonds. The highest BCUT2D eigenvalue weighted by molar-refractivity contribution is 4.91. The van der Waals surface area contributed by atoms with Gasteiger partial charge in [-0.3, -0.25) is 4.90 Å². The van der Waals surface area contributed by atoms with Crippen LogP contribution < -0.4 is 5.32 Å². The van der Waals surface area contributed by atoms with E-state index in [1.807, 2.05) is 0 Å². The molecule has 2 saturated carbocycles. The molecule has 3 rings (SSSR count). The molecular formula is C12H22N2. The lowest BCUT2D eigenvalue weighted by Gasteiger charge is -2.42. The van der Waals surface area contributed by atoms with Crippen molar-refractivity contribution in [3.63, 3.8) is 0 Å². The van der Waals surface area contributed by atoms with Crippen molar-refractivity contribution in [2.45, 2.75) is 63.1 Å². The smallest absolute Gasteiger partial charge is 0.0198 e. The van der Waals surface area contributed by atoms with Crippen LogP contribution in [0.3, 0.4) is 0 Å². The van der Waals surface area contributed by atoms with E-state index in [2.05, 4.69) is 10.2 Å². The molecule has 0 radical (unpaired) electrons. The predicted octanol–water partition coefficient (Wildman–Crippen LogP) is 1.76. The van der Waals surface area contributed by atoms with Gasteiger partial charge in [0.25, 0.3) is 0 Å². The van der Waals surface area contributed by atoms with Gasteiger partial charge in [0, 0.05) is 24.7 Å². The van der Waals surface area contributed by atoms with Crippen LogP contribution in [0.1, 0.15) is 44.9 Å². The lowest BCUT2D eigenvalue weighted by atomic mass is 9.89. The molecule has 80 valence electrons. The van der Waals surface area contributed by atoms with Gasteiger partial charge in [-0.15, -0.1) is 0 Å². The maximum atomic E-state index is 3.78. The Bertz CT molecular complexity index is 196. The van der Waals surface area contributed by atoms with Crippen molar-refractivity contribution in [1.29, 1.82) is 0 Å². The Morgan fingerprint density at radius 3 is 2.36 bits per heavy atom. The van der Waals surface area contributed by atoms with E-state index < -0.39 is 0 Å². The Morgan fingerprint density at radius 2 is 1.71 bits per heavy atom. The van der Waals surface area contributed by atoms with Gasteiger partial charge in [0.2, 0.25) is 0 Å². The SMILES string of the molecule is C1CC(N2CCCC(NC3CC3)C2)C1. The fourth-order valence-electron chi connectivity index (χ4n) is 2.81. The summed E-state index contributed by atoms with van der Waals surface area (Å²) in [6.07, 6.45) is 10.1. The fourth-order valence-corrected chi connectivity index (χ4v) is 2.81. The normalized spacial score (nSPS) is 35.6. The quantitative estimate of drug-likeness (QED) is 0.736. The maximum absolute atomic E-state index is 3.78. The van der Waals surface area contributed by atoms with Gasteiger partial charge in [0.1, 0.15) is 0 Å². The molecule has 1 aliphatic heterocycles. The van der Waals surface area contributed by atoms with E-state index in [1.165, 1.54) is 58.0 Å². The minimum atomic E-state index is 0.817. The monoisotopic (exact) mass is 194 g/mol. The lowest BCUT2D eigenvalue weighted by Crippen LogP contribution is -2.51. The Morgan fingerprint density at radius 1 is 0.857 bits per heavy atom. The van der Waals surface area contributed by atoms with Crippen molar-refractivity contribution in [2.24, 2.45) is 0 Å². The first-order chi connectivity index (χ1) is 6.92. The highest BCUT2D eigenvalue weighted by Crippen LogP contribution is 2.28. The van der Waals surface area contributed by atoms with Crippen LogP contribution in [-0.2, 0) is 0 Å². The Balaban J connectivity index is 1.49. The second-order valence-electron chi connectivity index (χ2n) is 5.36. The average Bonchev–Trinajstić information content (AvgIpc) is 2.85. The summed E-state index contributed by atoms with van der Waals surface area (Å²) >= 11 is 0. The highest BCUT2D eigenvalue weighted by Gasteiger charge is 2.31. The van der Waals surface area contributed by atoms with E-state index in [4.69, 9.17) is 0 Å². The van der Waals surface area contributed by atoms with Crippen LogP contribution in [0, 0.1) is 0 Å². The van der Waals surface area contributed by atoms with Crippen molar-refractivity contribution in [1.82, 2.24) is 10.2 Å². The fraction of sp³-hybridized carbons (Fsp3) is 1.00. The minimum absolute atomic E-state index is 0.817. The molecule has 1 heterocycles. The van der Waals surface area contributed by atoms with Crippen LogP contribution >= 0.6 is 0 Å². The Labute approximate surface area is 87.0 Å². The van der Waals surface area contributed by atoms with Gasteiger partial charge in [-0.25, -0.2) is 0 Å². The number of hydrogen-bond donors (Lipinski definition) is 1. The zero-order valence-corrected chi connectivity index (χ0v) is 9.04. The van der Waals surface area contributed by atoms with Crippen molar-refractivity contribution in [2.75, 3.05) is 13.1 Å². The van der Waals surface area contributed by atoms with E-state index >= 15 is 0 Å². The lowest BCUT2D eigenvalue weighted by molar-refractivity contribution is 0.0871. The third kappa shape index (κ3) is 1.96. The number of rotatable bonds is 3. The largest absolute Gasteiger partial charge is 0.310 e. The van der Waals surface area contributed by atoms with Crippen LogP contribution in [0.15, 0.2) is 0 Å². The van der Waals surface area contributed by atoms with Gasteiger partial charge in [0.15, 0.2) is 0 Å². The molecule has 0 aromatic carbocycles. The molecule has 3 aliphatic rings. The number of likely N-dealkylation sites (tertiary alicyclic amines) is 1. The molecule has 1 N–H and O–H groups in total. The summed E-state index contributed by atoms with van der Waals surface area (Å²) in [5.74, 6) is 0. The van der Waals surface area contributed by atoms with Gasteiger partial charge in [-0.1, -0.05) is 6.42 Å². The first kappa shape index (κ1) is 9.17. The Hall–Kier alpha value is -0.0800. The van der Waals surface area contributed by atoms with Crippen LogP contribution in [0.25, 0.3) is 0 Å². The first-order valence-electron chi connectivity index (χ1n) is 6.42. The summed E-state index contributed by atoms with van der Waals surface area (Å²) in [6, 6.07) is 2.66. The van der Waals surface area contributed by atoms with Crippen molar-refractivity contribution in [3.8, 4) is 0 Å². The standard InChI is InChI=1S/C12H22N2/c1-4-12(5-1)14-8-2-3-11(9-14)13-10-6-7-10/h10-13H,1-9H2. The summed E-state index contributed by atoms with van der Waals surface area (Å²) < 4.78 is 0. The van der Waals surface area contributed by atoms with E-state index in [9.17, 15) is 0 Å². The zero-order chi connectivity index (χ0) is 9.38. The van der Waals surface area contributed by atoms with Gasteiger partial charge in [-0.2, -0.15) is 0 Å². The second kappa shape index (κ2) is 3.82. The van der Waals surface area contributed by atoms with Crippen LogP contribution in [0.2, 0.25) is 0 Å². The molecule has 2 heteroatoms. The Kier molecular flexibility index (Phi) is 2.50. The summed E-state index contributed by atoms with van der Waals surface area (Å²) in [7, 11) is 0. The number of piperidine rings is 1. The highest BCUT2D eigenvalue weighted by atomic mass is 15.2. The number of nitrogens with zero attached hydrogens (tertiary/aromatic N) is 1. The van der Waals surface area contributed by atoms with E-state index in [1.54, 1.807) is 0 Å². The number of nitrogens with one attached hydrogen (secondary N) is 1.